The molecule has 3 rings (SSSR count). The first-order valence-corrected chi connectivity index (χ1v) is 8.33. The molecule has 0 saturated carbocycles. The maximum atomic E-state index is 12.4. The van der Waals surface area contributed by atoms with Crippen LogP contribution in [0.2, 0.25) is 0 Å². The van der Waals surface area contributed by atoms with Crippen molar-refractivity contribution in [2.45, 2.75) is 52.5 Å². The minimum Gasteiger partial charge on any atom is -0.343 e. The number of aromatic amines is 1. The molecule has 2 aromatic heterocycles. The van der Waals surface area contributed by atoms with Crippen LogP contribution in [0.15, 0.2) is 12.1 Å². The van der Waals surface area contributed by atoms with Gasteiger partial charge in [0.1, 0.15) is 0 Å². The van der Waals surface area contributed by atoms with Crippen LogP contribution < -0.4 is 0 Å². The van der Waals surface area contributed by atoms with E-state index in [1.165, 1.54) is 0 Å². The highest BCUT2D eigenvalue weighted by atomic mass is 16.2. The zero-order valence-electron chi connectivity index (χ0n) is 14.2. The fourth-order valence-electron chi connectivity index (χ4n) is 3.33. The van der Waals surface area contributed by atoms with E-state index in [1.807, 2.05) is 36.4 Å². The molecule has 0 spiro atoms. The summed E-state index contributed by atoms with van der Waals surface area (Å²) >= 11 is 0. The lowest BCUT2D eigenvalue weighted by Crippen LogP contribution is -2.38. The number of amides is 1. The van der Waals surface area contributed by atoms with Crippen molar-refractivity contribution in [3.63, 3.8) is 0 Å². The summed E-state index contributed by atoms with van der Waals surface area (Å²) in [7, 11) is 0. The number of nitrogens with zero attached hydrogens (tertiary/aromatic N) is 4. The Kier molecular flexibility index (Phi) is 4.50. The molecule has 1 fully saturated rings. The minimum atomic E-state index is 0.231. The molecule has 0 unspecified atom stereocenters. The van der Waals surface area contributed by atoms with Gasteiger partial charge in [-0.2, -0.15) is 10.2 Å². The highest BCUT2D eigenvalue weighted by Gasteiger charge is 2.25. The molecule has 6 heteroatoms. The van der Waals surface area contributed by atoms with Gasteiger partial charge < -0.3 is 4.90 Å². The van der Waals surface area contributed by atoms with Gasteiger partial charge in [-0.25, -0.2) is 0 Å². The van der Waals surface area contributed by atoms with Crippen LogP contribution in [0, 0.1) is 20.8 Å². The Labute approximate surface area is 136 Å². The lowest BCUT2D eigenvalue weighted by molar-refractivity contribution is -0.132. The molecule has 2 aromatic rings. The predicted molar refractivity (Wildman–Crippen MR) is 88.2 cm³/mol. The summed E-state index contributed by atoms with van der Waals surface area (Å²) in [6.45, 7) is 8.35. The average Bonchev–Trinajstić information content (AvgIpc) is 3.10. The topological polar surface area (TPSA) is 66.8 Å². The highest BCUT2D eigenvalue weighted by Crippen LogP contribution is 2.27. The monoisotopic (exact) mass is 315 g/mol. The van der Waals surface area contributed by atoms with E-state index < -0.39 is 0 Å². The first kappa shape index (κ1) is 15.8. The van der Waals surface area contributed by atoms with Gasteiger partial charge >= 0.3 is 0 Å². The van der Waals surface area contributed by atoms with E-state index in [4.69, 9.17) is 0 Å². The van der Waals surface area contributed by atoms with Crippen molar-refractivity contribution in [3.05, 3.63) is 34.9 Å². The third-order valence-corrected chi connectivity index (χ3v) is 4.63. The van der Waals surface area contributed by atoms with Gasteiger partial charge in [-0.3, -0.25) is 14.6 Å². The summed E-state index contributed by atoms with van der Waals surface area (Å²) in [5.41, 5.74) is 4.36. The van der Waals surface area contributed by atoms with Gasteiger partial charge in [0.25, 0.3) is 0 Å². The van der Waals surface area contributed by atoms with Crippen LogP contribution in [0.5, 0.6) is 0 Å². The Morgan fingerprint density at radius 2 is 2.00 bits per heavy atom. The lowest BCUT2D eigenvalue weighted by Gasteiger charge is -2.31. The third-order valence-electron chi connectivity index (χ3n) is 4.63. The second-order valence-corrected chi connectivity index (χ2v) is 6.53. The first-order chi connectivity index (χ1) is 11.0. The van der Waals surface area contributed by atoms with Gasteiger partial charge in [-0.05, 0) is 45.7 Å². The Morgan fingerprint density at radius 1 is 1.26 bits per heavy atom. The van der Waals surface area contributed by atoms with E-state index in [2.05, 4.69) is 21.4 Å². The normalized spacial score (nSPS) is 16.0. The lowest BCUT2D eigenvalue weighted by atomic mass is 9.93. The zero-order valence-corrected chi connectivity index (χ0v) is 14.2. The molecule has 1 amide bonds. The molecule has 1 aliphatic rings. The number of hydrogen-bond donors (Lipinski definition) is 1. The number of aryl methyl sites for hydroxylation is 4. The summed E-state index contributed by atoms with van der Waals surface area (Å²) in [6.07, 6.45) is 2.51. The molecular formula is C17H25N5O. The van der Waals surface area contributed by atoms with Crippen LogP contribution in [0.3, 0.4) is 0 Å². The number of rotatable bonds is 4. The number of hydrogen-bond acceptors (Lipinski definition) is 3. The van der Waals surface area contributed by atoms with E-state index in [-0.39, 0.29) is 5.91 Å². The van der Waals surface area contributed by atoms with E-state index in [1.54, 1.807) is 0 Å². The first-order valence-electron chi connectivity index (χ1n) is 8.33. The SMILES string of the molecule is Cc1cc(C)n(CCC(=O)N2CCC(c3cc(C)[nH]n3)CC2)n1. The number of likely N-dealkylation sites (tertiary alicyclic amines) is 1. The standard InChI is InChI=1S/C17H25N5O/c1-12-11-16(19-18-12)15-4-7-21(8-5-15)17(23)6-9-22-14(3)10-13(2)20-22/h10-11,15H,4-9H2,1-3H3,(H,18,19). The fraction of sp³-hybridized carbons (Fsp3) is 0.588. The van der Waals surface area contributed by atoms with Gasteiger partial charge in [0.05, 0.1) is 11.4 Å². The molecule has 124 valence electrons. The molecule has 23 heavy (non-hydrogen) atoms. The van der Waals surface area contributed by atoms with Crippen LogP contribution in [-0.4, -0.2) is 43.9 Å². The summed E-state index contributed by atoms with van der Waals surface area (Å²) in [5, 5.41) is 11.8. The largest absolute Gasteiger partial charge is 0.343 e. The number of H-pyrrole nitrogens is 1. The number of aromatic nitrogens is 4. The summed E-state index contributed by atoms with van der Waals surface area (Å²) < 4.78 is 1.92. The molecule has 3 heterocycles. The van der Waals surface area contributed by atoms with E-state index >= 15 is 0 Å². The van der Waals surface area contributed by atoms with Crippen molar-refractivity contribution in [2.75, 3.05) is 13.1 Å². The van der Waals surface area contributed by atoms with Gasteiger partial charge in [-0.1, -0.05) is 0 Å². The van der Waals surface area contributed by atoms with Crippen molar-refractivity contribution >= 4 is 5.91 Å². The van der Waals surface area contributed by atoms with Gasteiger partial charge in [-0.15, -0.1) is 0 Å². The molecular weight excluding hydrogens is 290 g/mol. The summed E-state index contributed by atoms with van der Waals surface area (Å²) in [5.74, 6) is 0.703. The molecule has 6 nitrogen and oxygen atoms in total. The maximum absolute atomic E-state index is 12.4. The predicted octanol–water partition coefficient (Wildman–Crippen LogP) is 2.33. The quantitative estimate of drug-likeness (QED) is 0.941. The molecule has 0 atom stereocenters. The van der Waals surface area contributed by atoms with Gasteiger partial charge in [0, 0.05) is 43.4 Å². The minimum absolute atomic E-state index is 0.231. The third kappa shape index (κ3) is 3.63. The zero-order chi connectivity index (χ0) is 16.4. The van der Waals surface area contributed by atoms with Crippen LogP contribution in [0.4, 0.5) is 0 Å². The van der Waals surface area contributed by atoms with Crippen molar-refractivity contribution in [1.29, 1.82) is 0 Å². The number of carbonyl (C=O) groups is 1. The molecule has 0 radical (unpaired) electrons. The molecule has 1 saturated heterocycles. The Bertz CT molecular complexity index is 679. The summed E-state index contributed by atoms with van der Waals surface area (Å²) in [6, 6.07) is 4.16. The second-order valence-electron chi connectivity index (χ2n) is 6.53. The van der Waals surface area contributed by atoms with Crippen LogP contribution >= 0.6 is 0 Å². The molecule has 0 aliphatic carbocycles. The summed E-state index contributed by atoms with van der Waals surface area (Å²) in [4.78, 5) is 14.4. The molecule has 1 aliphatic heterocycles. The highest BCUT2D eigenvalue weighted by molar-refractivity contribution is 5.76. The van der Waals surface area contributed by atoms with Crippen LogP contribution in [0.25, 0.3) is 0 Å². The van der Waals surface area contributed by atoms with E-state index in [0.29, 0.717) is 18.9 Å². The number of nitrogens with one attached hydrogen (secondary N) is 1. The fourth-order valence-corrected chi connectivity index (χ4v) is 3.33. The second kappa shape index (κ2) is 6.56. The molecule has 0 bridgehead atoms. The maximum Gasteiger partial charge on any atom is 0.224 e. The van der Waals surface area contributed by atoms with E-state index in [0.717, 1.165) is 48.7 Å². The van der Waals surface area contributed by atoms with Gasteiger partial charge in [0.2, 0.25) is 5.91 Å². The van der Waals surface area contributed by atoms with Crippen LogP contribution in [-0.2, 0) is 11.3 Å². The molecule has 1 N–H and O–H groups in total. The average molecular weight is 315 g/mol. The van der Waals surface area contributed by atoms with Crippen molar-refractivity contribution in [1.82, 2.24) is 24.9 Å². The smallest absolute Gasteiger partial charge is 0.224 e. The van der Waals surface area contributed by atoms with Gasteiger partial charge in [0.15, 0.2) is 0 Å². The Balaban J connectivity index is 1.49. The Hall–Kier alpha value is -2.11. The number of piperidine rings is 1. The van der Waals surface area contributed by atoms with Crippen molar-refractivity contribution < 1.29 is 4.79 Å². The number of carbonyl (C=O) groups excluding carboxylic acids is 1. The molecule has 0 aromatic carbocycles. The van der Waals surface area contributed by atoms with Crippen molar-refractivity contribution in [2.24, 2.45) is 0 Å². The Morgan fingerprint density at radius 3 is 2.57 bits per heavy atom. The van der Waals surface area contributed by atoms with Crippen molar-refractivity contribution in [3.8, 4) is 0 Å². The van der Waals surface area contributed by atoms with E-state index in [9.17, 15) is 4.79 Å². The van der Waals surface area contributed by atoms with Crippen LogP contribution in [0.1, 0.15) is 48.0 Å².